The van der Waals surface area contributed by atoms with Crippen molar-refractivity contribution in [1.29, 1.82) is 0 Å². The summed E-state index contributed by atoms with van der Waals surface area (Å²) >= 11 is 0. The molecule has 0 fully saturated rings. The van der Waals surface area contributed by atoms with Gasteiger partial charge in [0.05, 0.1) is 6.61 Å². The fourth-order valence-electron chi connectivity index (χ4n) is 8.31. The first-order valence-corrected chi connectivity index (χ1v) is 27.9. The fourth-order valence-corrected chi connectivity index (χ4v) is 8.31. The third kappa shape index (κ3) is 53.1. The van der Waals surface area contributed by atoms with Gasteiger partial charge in [0.1, 0.15) is 12.7 Å². The summed E-state index contributed by atoms with van der Waals surface area (Å²) in [5.41, 5.74) is 0. The van der Waals surface area contributed by atoms with Gasteiger partial charge in [-0.2, -0.15) is 0 Å². The van der Waals surface area contributed by atoms with Gasteiger partial charge < -0.3 is 14.2 Å². The third-order valence-corrected chi connectivity index (χ3v) is 12.5. The SMILES string of the molecule is CCCCCCCC/C=C\CCCCCCCCOCC(COC(=O)CCCCCCCCCCCCCCCCC)OCCCCCCCC/C=C\CCCCCCCC. The molecular weight excluding hydrogens is 749 g/mol. The second-order valence-electron chi connectivity index (χ2n) is 18.8. The number of rotatable bonds is 53. The van der Waals surface area contributed by atoms with E-state index in [1.807, 2.05) is 0 Å². The molecule has 0 aromatic heterocycles. The van der Waals surface area contributed by atoms with E-state index < -0.39 is 0 Å². The van der Waals surface area contributed by atoms with Gasteiger partial charge >= 0.3 is 5.97 Å². The number of esters is 1. The van der Waals surface area contributed by atoms with Crippen molar-refractivity contribution < 1.29 is 19.0 Å². The van der Waals surface area contributed by atoms with Gasteiger partial charge in [-0.15, -0.1) is 0 Å². The molecule has 4 nitrogen and oxygen atoms in total. The molecule has 362 valence electrons. The molecule has 0 saturated carbocycles. The molecule has 1 unspecified atom stereocenters. The predicted octanol–water partition coefficient (Wildman–Crippen LogP) is 19.3. The highest BCUT2D eigenvalue weighted by molar-refractivity contribution is 5.69. The Morgan fingerprint density at radius 1 is 0.344 bits per heavy atom. The molecule has 0 amide bonds. The summed E-state index contributed by atoms with van der Waals surface area (Å²) in [7, 11) is 0. The molecule has 1 atom stereocenters. The van der Waals surface area contributed by atoms with Crippen LogP contribution in [0.5, 0.6) is 0 Å². The van der Waals surface area contributed by atoms with Crippen LogP contribution in [0.25, 0.3) is 0 Å². The Kier molecular flexibility index (Phi) is 54.0. The summed E-state index contributed by atoms with van der Waals surface area (Å²) in [6.07, 6.45) is 66.7. The smallest absolute Gasteiger partial charge is 0.305 e. The van der Waals surface area contributed by atoms with Crippen molar-refractivity contribution >= 4 is 5.97 Å². The van der Waals surface area contributed by atoms with Crippen LogP contribution < -0.4 is 0 Å². The Morgan fingerprint density at radius 3 is 1.00 bits per heavy atom. The van der Waals surface area contributed by atoms with Gasteiger partial charge in [-0.3, -0.25) is 4.79 Å². The minimum Gasteiger partial charge on any atom is -0.463 e. The molecule has 0 bridgehead atoms. The number of hydrogen-bond acceptors (Lipinski definition) is 4. The molecule has 4 heteroatoms. The summed E-state index contributed by atoms with van der Waals surface area (Å²) in [6, 6.07) is 0. The lowest BCUT2D eigenvalue weighted by Crippen LogP contribution is -2.28. The lowest BCUT2D eigenvalue weighted by atomic mass is 10.0. The zero-order chi connectivity index (χ0) is 44.0. The quantitative estimate of drug-likeness (QED) is 0.0347. The average Bonchev–Trinajstić information content (AvgIpc) is 3.27. The molecule has 0 aliphatic heterocycles. The van der Waals surface area contributed by atoms with Crippen molar-refractivity contribution in [2.24, 2.45) is 0 Å². The molecule has 0 saturated heterocycles. The van der Waals surface area contributed by atoms with Crippen LogP contribution in [0, 0.1) is 0 Å². The average molecular weight is 860 g/mol. The van der Waals surface area contributed by atoms with Crippen molar-refractivity contribution in [2.75, 3.05) is 26.4 Å². The van der Waals surface area contributed by atoms with Gasteiger partial charge in [-0.05, 0) is 70.6 Å². The fraction of sp³-hybridized carbons (Fsp3) is 0.912. The number of ether oxygens (including phenoxy) is 3. The molecule has 0 heterocycles. The number of allylic oxidation sites excluding steroid dienone is 4. The molecular formula is C57H110O4. The molecule has 0 rings (SSSR count). The maximum absolute atomic E-state index is 12.6. The molecule has 0 spiro atoms. The van der Waals surface area contributed by atoms with E-state index in [1.165, 1.54) is 250 Å². The van der Waals surface area contributed by atoms with E-state index in [9.17, 15) is 4.79 Å². The van der Waals surface area contributed by atoms with Gasteiger partial charge in [0.25, 0.3) is 0 Å². The first kappa shape index (κ1) is 59.9. The number of carbonyl (C=O) groups is 1. The number of hydrogen-bond donors (Lipinski definition) is 0. The Morgan fingerprint density at radius 2 is 0.639 bits per heavy atom. The molecule has 0 aromatic rings. The van der Waals surface area contributed by atoms with E-state index in [4.69, 9.17) is 14.2 Å². The van der Waals surface area contributed by atoms with Crippen molar-refractivity contribution in [3.05, 3.63) is 24.3 Å². The highest BCUT2D eigenvalue weighted by Crippen LogP contribution is 2.16. The largest absolute Gasteiger partial charge is 0.463 e. The van der Waals surface area contributed by atoms with Crippen molar-refractivity contribution in [3.63, 3.8) is 0 Å². The monoisotopic (exact) mass is 859 g/mol. The first-order chi connectivity index (χ1) is 30.2. The number of carbonyl (C=O) groups excluding carboxylic acids is 1. The van der Waals surface area contributed by atoms with Crippen LogP contribution in [-0.2, 0) is 19.0 Å². The van der Waals surface area contributed by atoms with Crippen LogP contribution >= 0.6 is 0 Å². The van der Waals surface area contributed by atoms with Crippen LogP contribution in [0.4, 0.5) is 0 Å². The second kappa shape index (κ2) is 55.0. The molecule has 0 aliphatic rings. The zero-order valence-corrected chi connectivity index (χ0v) is 42.0. The standard InChI is InChI=1S/C57H110O4/c1-4-7-10-13-16-19-22-25-28-31-34-37-40-43-46-49-52-59-54-56(60-53-50-47-44-41-38-35-32-29-26-23-20-17-14-11-8-5-2)55-61-57(58)51-48-45-42-39-36-33-30-27-24-21-18-15-12-9-6-3/h25-26,28-29,56H,4-24,27,30-55H2,1-3H3/b28-25-,29-26-. The highest BCUT2D eigenvalue weighted by atomic mass is 16.6. The first-order valence-electron chi connectivity index (χ1n) is 27.9. The van der Waals surface area contributed by atoms with Gasteiger partial charge in [0.2, 0.25) is 0 Å². The Hall–Kier alpha value is -1.13. The minimum absolute atomic E-state index is 0.0751. The zero-order valence-electron chi connectivity index (χ0n) is 42.0. The topological polar surface area (TPSA) is 44.8 Å². The van der Waals surface area contributed by atoms with E-state index in [0.717, 1.165) is 38.9 Å². The van der Waals surface area contributed by atoms with Crippen LogP contribution in [0.3, 0.4) is 0 Å². The maximum atomic E-state index is 12.6. The summed E-state index contributed by atoms with van der Waals surface area (Å²) < 4.78 is 18.1. The molecule has 0 N–H and O–H groups in total. The van der Waals surface area contributed by atoms with E-state index in [0.29, 0.717) is 19.6 Å². The van der Waals surface area contributed by atoms with E-state index in [-0.39, 0.29) is 12.1 Å². The van der Waals surface area contributed by atoms with Crippen molar-refractivity contribution in [1.82, 2.24) is 0 Å². The van der Waals surface area contributed by atoms with Crippen LogP contribution in [0.2, 0.25) is 0 Å². The predicted molar refractivity (Wildman–Crippen MR) is 270 cm³/mol. The van der Waals surface area contributed by atoms with Gasteiger partial charge in [0.15, 0.2) is 0 Å². The highest BCUT2D eigenvalue weighted by Gasteiger charge is 2.13. The van der Waals surface area contributed by atoms with E-state index in [1.54, 1.807) is 0 Å². The van der Waals surface area contributed by atoms with Crippen molar-refractivity contribution in [2.45, 2.75) is 309 Å². The van der Waals surface area contributed by atoms with Crippen LogP contribution in [0.15, 0.2) is 24.3 Å². The van der Waals surface area contributed by atoms with Gasteiger partial charge in [-0.1, -0.05) is 251 Å². The summed E-state index contributed by atoms with van der Waals surface area (Å²) in [5.74, 6) is -0.0751. The normalized spacial score (nSPS) is 12.4. The number of unbranched alkanes of at least 4 members (excludes halogenated alkanes) is 38. The van der Waals surface area contributed by atoms with Gasteiger partial charge in [0, 0.05) is 19.6 Å². The minimum atomic E-state index is -0.165. The lowest BCUT2D eigenvalue weighted by molar-refractivity contribution is -0.150. The molecule has 0 aliphatic carbocycles. The molecule has 0 radical (unpaired) electrons. The van der Waals surface area contributed by atoms with Crippen molar-refractivity contribution in [3.8, 4) is 0 Å². The molecule has 0 aromatic carbocycles. The van der Waals surface area contributed by atoms with Crippen LogP contribution in [0.1, 0.15) is 303 Å². The third-order valence-electron chi connectivity index (χ3n) is 12.5. The summed E-state index contributed by atoms with van der Waals surface area (Å²) in [5, 5.41) is 0. The van der Waals surface area contributed by atoms with Gasteiger partial charge in [-0.25, -0.2) is 0 Å². The lowest BCUT2D eigenvalue weighted by Gasteiger charge is -2.18. The summed E-state index contributed by atoms with van der Waals surface area (Å²) in [6.45, 7) is 9.19. The second-order valence-corrected chi connectivity index (χ2v) is 18.8. The molecule has 61 heavy (non-hydrogen) atoms. The van der Waals surface area contributed by atoms with E-state index in [2.05, 4.69) is 45.1 Å². The Bertz CT molecular complexity index is 867. The summed E-state index contributed by atoms with van der Waals surface area (Å²) in [4.78, 5) is 12.6. The Balaban J connectivity index is 4.13. The van der Waals surface area contributed by atoms with E-state index >= 15 is 0 Å². The maximum Gasteiger partial charge on any atom is 0.305 e. The van der Waals surface area contributed by atoms with Crippen LogP contribution in [-0.4, -0.2) is 38.5 Å². The Labute approximate surface area is 383 Å².